The Morgan fingerprint density at radius 1 is 1.21 bits per heavy atom. The summed E-state index contributed by atoms with van der Waals surface area (Å²) in [7, 11) is 1.62. The number of ether oxygens (including phenoxy) is 1. The molecule has 2 heterocycles. The van der Waals surface area contributed by atoms with Gasteiger partial charge in [0.25, 0.3) is 0 Å². The third-order valence-corrected chi connectivity index (χ3v) is 4.21. The minimum absolute atomic E-state index is 0.342. The molecule has 3 aromatic rings. The molecule has 0 aliphatic carbocycles. The van der Waals surface area contributed by atoms with Gasteiger partial charge in [0.05, 0.1) is 29.8 Å². The van der Waals surface area contributed by atoms with Crippen molar-refractivity contribution in [3.05, 3.63) is 59.7 Å². The zero-order valence-corrected chi connectivity index (χ0v) is 13.0. The lowest BCUT2D eigenvalue weighted by molar-refractivity contribution is 0.414. The molecule has 0 saturated carbocycles. The van der Waals surface area contributed by atoms with Crippen LogP contribution in [-0.4, -0.2) is 16.7 Å². The Kier molecular flexibility index (Phi) is 3.14. The minimum atomic E-state index is -0.342. The van der Waals surface area contributed by atoms with Crippen molar-refractivity contribution in [2.45, 2.75) is 6.04 Å². The normalized spacial score (nSPS) is 16.4. The Labute approximate surface area is 138 Å². The fourth-order valence-corrected chi connectivity index (χ4v) is 3.00. The van der Waals surface area contributed by atoms with E-state index < -0.39 is 0 Å². The van der Waals surface area contributed by atoms with E-state index in [1.54, 1.807) is 11.7 Å². The first-order valence-electron chi connectivity index (χ1n) is 7.51. The number of hydrogen-bond acceptors (Lipinski definition) is 5. The number of anilines is 1. The number of nitriles is 1. The van der Waals surface area contributed by atoms with Crippen LogP contribution in [0.5, 0.6) is 5.75 Å². The van der Waals surface area contributed by atoms with E-state index in [1.807, 2.05) is 48.5 Å². The maximum Gasteiger partial charge on any atom is 0.210 e. The summed E-state index contributed by atoms with van der Waals surface area (Å²) >= 11 is 0. The van der Waals surface area contributed by atoms with Gasteiger partial charge in [-0.05, 0) is 29.8 Å². The first kappa shape index (κ1) is 14.2. The quantitative estimate of drug-likeness (QED) is 0.758. The lowest BCUT2D eigenvalue weighted by Crippen LogP contribution is -2.26. The Morgan fingerprint density at radius 3 is 2.67 bits per heavy atom. The lowest BCUT2D eigenvalue weighted by Gasteiger charge is -2.26. The highest BCUT2D eigenvalue weighted by molar-refractivity contribution is 5.85. The minimum Gasteiger partial charge on any atom is -0.497 e. The van der Waals surface area contributed by atoms with Gasteiger partial charge in [0.1, 0.15) is 17.6 Å². The average Bonchev–Trinajstić information content (AvgIpc) is 3.00. The summed E-state index contributed by atoms with van der Waals surface area (Å²) < 4.78 is 6.97. The van der Waals surface area contributed by atoms with Gasteiger partial charge in [0.15, 0.2) is 0 Å². The highest BCUT2D eigenvalue weighted by Crippen LogP contribution is 2.36. The van der Waals surface area contributed by atoms with Crippen LogP contribution in [0.2, 0.25) is 0 Å². The van der Waals surface area contributed by atoms with Gasteiger partial charge in [-0.2, -0.15) is 5.26 Å². The number of nitrogens with one attached hydrogen (secondary N) is 1. The van der Waals surface area contributed by atoms with Gasteiger partial charge in [0, 0.05) is 0 Å². The van der Waals surface area contributed by atoms with Crippen LogP contribution in [0.1, 0.15) is 11.6 Å². The second-order valence-corrected chi connectivity index (χ2v) is 5.52. The molecule has 4 rings (SSSR count). The van der Waals surface area contributed by atoms with Crippen molar-refractivity contribution in [3.63, 3.8) is 0 Å². The molecule has 24 heavy (non-hydrogen) atoms. The van der Waals surface area contributed by atoms with Gasteiger partial charge in [-0.15, -0.1) is 0 Å². The Balaban J connectivity index is 1.87. The van der Waals surface area contributed by atoms with Gasteiger partial charge in [-0.1, -0.05) is 24.3 Å². The molecule has 2 aromatic carbocycles. The van der Waals surface area contributed by atoms with E-state index in [0.29, 0.717) is 17.3 Å². The van der Waals surface area contributed by atoms with E-state index in [-0.39, 0.29) is 6.04 Å². The molecule has 0 spiro atoms. The molecule has 0 bridgehead atoms. The molecule has 0 radical (unpaired) electrons. The second kappa shape index (κ2) is 5.32. The molecule has 0 amide bonds. The molecule has 1 aliphatic rings. The largest absolute Gasteiger partial charge is 0.497 e. The number of rotatable bonds is 2. The number of fused-ring (bicyclic) bond motifs is 3. The number of nitrogens with two attached hydrogens (primary N) is 1. The summed E-state index contributed by atoms with van der Waals surface area (Å²) in [5.41, 5.74) is 9.41. The number of hydrogen-bond donors (Lipinski definition) is 2. The zero-order chi connectivity index (χ0) is 16.7. The molecule has 1 aromatic heterocycles. The molecule has 6 nitrogen and oxygen atoms in total. The van der Waals surface area contributed by atoms with Crippen LogP contribution in [-0.2, 0) is 0 Å². The Hall–Kier alpha value is -3.46. The highest BCUT2D eigenvalue weighted by Gasteiger charge is 2.29. The van der Waals surface area contributed by atoms with Crippen molar-refractivity contribution in [2.24, 2.45) is 5.73 Å². The molecule has 1 aliphatic heterocycles. The fourth-order valence-electron chi connectivity index (χ4n) is 3.00. The Bertz CT molecular complexity index is 994. The van der Waals surface area contributed by atoms with Crippen LogP contribution in [0.25, 0.3) is 16.9 Å². The number of para-hydroxylation sites is 2. The molecule has 118 valence electrons. The molecule has 6 heteroatoms. The van der Waals surface area contributed by atoms with Crippen molar-refractivity contribution in [2.75, 3.05) is 12.4 Å². The van der Waals surface area contributed by atoms with Crippen molar-refractivity contribution >= 4 is 22.8 Å². The summed E-state index contributed by atoms with van der Waals surface area (Å²) in [6, 6.07) is 17.2. The van der Waals surface area contributed by atoms with Crippen molar-refractivity contribution in [1.82, 2.24) is 9.55 Å². The van der Waals surface area contributed by atoms with Gasteiger partial charge in [-0.25, -0.2) is 4.98 Å². The van der Waals surface area contributed by atoms with Gasteiger partial charge in [0.2, 0.25) is 5.95 Å². The lowest BCUT2D eigenvalue weighted by atomic mass is 9.98. The van der Waals surface area contributed by atoms with E-state index in [0.717, 1.165) is 22.3 Å². The number of aromatic nitrogens is 2. The van der Waals surface area contributed by atoms with Gasteiger partial charge < -0.3 is 15.8 Å². The zero-order valence-electron chi connectivity index (χ0n) is 13.0. The van der Waals surface area contributed by atoms with Crippen molar-refractivity contribution < 1.29 is 4.74 Å². The second-order valence-electron chi connectivity index (χ2n) is 5.52. The standard InChI is InChI=1S/C18H15N5O/c1-24-12-8-6-11(7-9-12)16-13(10-19)17(20)23-15-5-3-2-4-14(15)21-18(23)22-16/h2-9,16H,20H2,1H3,(H,21,22)/t16-/m0/s1. The highest BCUT2D eigenvalue weighted by atomic mass is 16.5. The molecule has 0 saturated heterocycles. The molecule has 3 N–H and O–H groups in total. The van der Waals surface area contributed by atoms with E-state index >= 15 is 0 Å². The molecule has 0 unspecified atom stereocenters. The first-order valence-corrected chi connectivity index (χ1v) is 7.51. The van der Waals surface area contributed by atoms with Gasteiger partial charge in [-0.3, -0.25) is 4.57 Å². The van der Waals surface area contributed by atoms with E-state index in [9.17, 15) is 5.26 Å². The van der Waals surface area contributed by atoms with E-state index in [1.165, 1.54) is 0 Å². The average molecular weight is 317 g/mol. The van der Waals surface area contributed by atoms with Gasteiger partial charge >= 0.3 is 0 Å². The Morgan fingerprint density at radius 2 is 1.96 bits per heavy atom. The summed E-state index contributed by atoms with van der Waals surface area (Å²) in [4.78, 5) is 4.59. The van der Waals surface area contributed by atoms with Crippen LogP contribution in [0.3, 0.4) is 0 Å². The van der Waals surface area contributed by atoms with Crippen LogP contribution < -0.4 is 15.8 Å². The molecule has 0 fully saturated rings. The van der Waals surface area contributed by atoms with Crippen LogP contribution in [0.4, 0.5) is 5.95 Å². The monoisotopic (exact) mass is 317 g/mol. The number of benzene rings is 2. The maximum absolute atomic E-state index is 9.64. The van der Waals surface area contributed by atoms with Crippen molar-refractivity contribution in [1.29, 1.82) is 5.26 Å². The van der Waals surface area contributed by atoms with Crippen LogP contribution in [0, 0.1) is 11.3 Å². The topological polar surface area (TPSA) is 88.9 Å². The smallest absolute Gasteiger partial charge is 0.210 e. The SMILES string of the molecule is COc1ccc([C@@H]2Nc3nc4ccccc4n3C(N)=C2C#N)cc1. The molecular weight excluding hydrogens is 302 g/mol. The third-order valence-electron chi connectivity index (χ3n) is 4.21. The fraction of sp³-hybridized carbons (Fsp3) is 0.111. The maximum atomic E-state index is 9.64. The van der Waals surface area contributed by atoms with Crippen molar-refractivity contribution in [3.8, 4) is 11.8 Å². The third kappa shape index (κ3) is 1.99. The number of imidazole rings is 1. The van der Waals surface area contributed by atoms with E-state index in [2.05, 4.69) is 16.4 Å². The predicted molar refractivity (Wildman–Crippen MR) is 92.1 cm³/mol. The summed E-state index contributed by atoms with van der Waals surface area (Å²) in [5, 5.41) is 13.0. The first-order chi connectivity index (χ1) is 11.7. The number of nitrogens with zero attached hydrogens (tertiary/aromatic N) is 3. The van der Waals surface area contributed by atoms with Crippen LogP contribution >= 0.6 is 0 Å². The number of methoxy groups -OCH3 is 1. The summed E-state index contributed by atoms with van der Waals surface area (Å²) in [6.45, 7) is 0. The molecule has 1 atom stereocenters. The summed E-state index contributed by atoms with van der Waals surface area (Å²) in [6.07, 6.45) is 0. The molecular formula is C18H15N5O. The van der Waals surface area contributed by atoms with E-state index in [4.69, 9.17) is 10.5 Å². The predicted octanol–water partition coefficient (Wildman–Crippen LogP) is 2.86. The van der Waals surface area contributed by atoms with Crippen LogP contribution in [0.15, 0.2) is 54.1 Å². The summed E-state index contributed by atoms with van der Waals surface area (Å²) in [5.74, 6) is 1.80.